The first-order valence-corrected chi connectivity index (χ1v) is 7.44. The van der Waals surface area contributed by atoms with E-state index in [-0.39, 0.29) is 0 Å². The number of hydrogen-bond donors (Lipinski definition) is 1. The van der Waals surface area contributed by atoms with E-state index in [2.05, 4.69) is 53.1 Å². The molecule has 1 heterocycles. The highest BCUT2D eigenvalue weighted by molar-refractivity contribution is 9.10. The summed E-state index contributed by atoms with van der Waals surface area (Å²) in [6.07, 6.45) is 0. The van der Waals surface area contributed by atoms with Crippen molar-refractivity contribution in [3.63, 3.8) is 0 Å². The zero-order valence-corrected chi connectivity index (χ0v) is 13.4. The molecule has 0 atom stereocenters. The Morgan fingerprint density at radius 2 is 1.76 bits per heavy atom. The van der Waals surface area contributed by atoms with E-state index in [1.54, 1.807) is 0 Å². The minimum atomic E-state index is 0.410. The van der Waals surface area contributed by atoms with Gasteiger partial charge in [0.15, 0.2) is 11.6 Å². The zero-order valence-electron chi connectivity index (χ0n) is 11.9. The molecule has 4 heteroatoms. The molecule has 3 rings (SSSR count). The highest BCUT2D eigenvalue weighted by Gasteiger charge is 2.19. The van der Waals surface area contributed by atoms with Gasteiger partial charge in [0, 0.05) is 10.0 Å². The van der Waals surface area contributed by atoms with Gasteiger partial charge in [0.1, 0.15) is 0 Å². The topological polar surface area (TPSA) is 52.0 Å². The Bertz CT molecular complexity index is 791. The van der Waals surface area contributed by atoms with Gasteiger partial charge in [-0.25, -0.2) is 0 Å². The normalized spacial score (nSPS) is 10.8. The molecule has 2 aromatic carbocycles. The number of aryl methyl sites for hydroxylation is 2. The summed E-state index contributed by atoms with van der Waals surface area (Å²) < 4.78 is 6.54. The molecule has 3 aromatic rings. The predicted molar refractivity (Wildman–Crippen MR) is 89.0 cm³/mol. The maximum atomic E-state index is 6.02. The standard InChI is InChI=1S/C17H15BrN2O/c1-10-3-4-11(2)14(9-10)16-15(17(19)20-21-16)12-5-7-13(18)8-6-12/h3-9H,1-2H3,(H2,19,20). The number of rotatable bonds is 2. The first-order chi connectivity index (χ1) is 10.1. The molecule has 0 spiro atoms. The van der Waals surface area contributed by atoms with Crippen molar-refractivity contribution in [3.8, 4) is 22.5 Å². The van der Waals surface area contributed by atoms with Crippen LogP contribution in [0.2, 0.25) is 0 Å². The molecule has 0 fully saturated rings. The van der Waals surface area contributed by atoms with Crippen molar-refractivity contribution in [2.45, 2.75) is 13.8 Å². The summed E-state index contributed by atoms with van der Waals surface area (Å²) in [7, 11) is 0. The molecule has 0 unspecified atom stereocenters. The molecule has 21 heavy (non-hydrogen) atoms. The Kier molecular flexibility index (Phi) is 3.55. The van der Waals surface area contributed by atoms with Crippen LogP contribution < -0.4 is 5.73 Å². The molecule has 0 saturated heterocycles. The molecule has 0 aliphatic carbocycles. The Balaban J connectivity index is 2.21. The van der Waals surface area contributed by atoms with Gasteiger partial charge in [-0.3, -0.25) is 0 Å². The fraction of sp³-hybridized carbons (Fsp3) is 0.118. The van der Waals surface area contributed by atoms with E-state index in [9.17, 15) is 0 Å². The Labute approximate surface area is 131 Å². The lowest BCUT2D eigenvalue weighted by Crippen LogP contribution is -1.90. The van der Waals surface area contributed by atoms with Gasteiger partial charge >= 0.3 is 0 Å². The van der Waals surface area contributed by atoms with Crippen LogP contribution in [0.1, 0.15) is 11.1 Å². The Morgan fingerprint density at radius 1 is 1.05 bits per heavy atom. The first-order valence-electron chi connectivity index (χ1n) is 6.65. The van der Waals surface area contributed by atoms with E-state index >= 15 is 0 Å². The van der Waals surface area contributed by atoms with Crippen LogP contribution in [0, 0.1) is 13.8 Å². The van der Waals surface area contributed by atoms with Crippen LogP contribution in [0.5, 0.6) is 0 Å². The molecule has 0 bridgehead atoms. The summed E-state index contributed by atoms with van der Waals surface area (Å²) in [4.78, 5) is 0. The van der Waals surface area contributed by atoms with Crippen molar-refractivity contribution < 1.29 is 4.52 Å². The van der Waals surface area contributed by atoms with E-state index in [1.807, 2.05) is 24.3 Å². The number of nitrogen functional groups attached to an aromatic ring is 1. The van der Waals surface area contributed by atoms with Crippen LogP contribution in [0.4, 0.5) is 5.82 Å². The maximum absolute atomic E-state index is 6.02. The highest BCUT2D eigenvalue weighted by atomic mass is 79.9. The fourth-order valence-electron chi connectivity index (χ4n) is 2.36. The molecule has 1 aromatic heterocycles. The molecule has 0 amide bonds. The quantitative estimate of drug-likeness (QED) is 0.715. The molecule has 0 aliphatic heterocycles. The third-order valence-electron chi connectivity index (χ3n) is 3.49. The van der Waals surface area contributed by atoms with Crippen LogP contribution in [0.15, 0.2) is 51.5 Å². The monoisotopic (exact) mass is 342 g/mol. The van der Waals surface area contributed by atoms with Crippen molar-refractivity contribution >= 4 is 21.7 Å². The van der Waals surface area contributed by atoms with Gasteiger partial charge in [-0.15, -0.1) is 0 Å². The largest absolute Gasteiger partial charge is 0.380 e. The van der Waals surface area contributed by atoms with Gasteiger partial charge in [-0.05, 0) is 43.2 Å². The number of aromatic nitrogens is 1. The van der Waals surface area contributed by atoms with Crippen molar-refractivity contribution in [3.05, 3.63) is 58.1 Å². The van der Waals surface area contributed by atoms with Crippen LogP contribution in [0.3, 0.4) is 0 Å². The van der Waals surface area contributed by atoms with E-state index in [1.165, 1.54) is 5.56 Å². The van der Waals surface area contributed by atoms with Crippen molar-refractivity contribution in [2.75, 3.05) is 5.73 Å². The summed E-state index contributed by atoms with van der Waals surface area (Å²) in [6.45, 7) is 4.11. The second-order valence-corrected chi connectivity index (χ2v) is 6.01. The van der Waals surface area contributed by atoms with E-state index < -0.39 is 0 Å². The molecule has 3 nitrogen and oxygen atoms in total. The minimum Gasteiger partial charge on any atom is -0.380 e. The molecule has 2 N–H and O–H groups in total. The summed E-state index contributed by atoms with van der Waals surface area (Å²) in [6, 6.07) is 14.2. The van der Waals surface area contributed by atoms with Crippen LogP contribution >= 0.6 is 15.9 Å². The lowest BCUT2D eigenvalue weighted by atomic mass is 9.97. The van der Waals surface area contributed by atoms with Gasteiger partial charge in [-0.1, -0.05) is 50.9 Å². The summed E-state index contributed by atoms with van der Waals surface area (Å²) in [5.41, 5.74) is 11.2. The lowest BCUT2D eigenvalue weighted by Gasteiger charge is -2.07. The van der Waals surface area contributed by atoms with Crippen molar-refractivity contribution in [1.29, 1.82) is 0 Å². The smallest absolute Gasteiger partial charge is 0.177 e. The third kappa shape index (κ3) is 2.59. The summed E-state index contributed by atoms with van der Waals surface area (Å²) >= 11 is 3.44. The number of nitrogens with two attached hydrogens (primary N) is 1. The van der Waals surface area contributed by atoms with E-state index in [0.29, 0.717) is 5.82 Å². The third-order valence-corrected chi connectivity index (χ3v) is 4.02. The SMILES string of the molecule is Cc1ccc(C)c(-c2onc(N)c2-c2ccc(Br)cc2)c1. The lowest BCUT2D eigenvalue weighted by molar-refractivity contribution is 0.436. The van der Waals surface area contributed by atoms with Gasteiger partial charge in [0.05, 0.1) is 5.56 Å². The van der Waals surface area contributed by atoms with Gasteiger partial charge < -0.3 is 10.3 Å². The molecule has 106 valence electrons. The number of anilines is 1. The van der Waals surface area contributed by atoms with Crippen LogP contribution in [0.25, 0.3) is 22.5 Å². The number of benzene rings is 2. The van der Waals surface area contributed by atoms with Gasteiger partial charge in [0.25, 0.3) is 0 Å². The second-order valence-electron chi connectivity index (χ2n) is 5.10. The average Bonchev–Trinajstić information content (AvgIpc) is 2.84. The molecular formula is C17H15BrN2O. The van der Waals surface area contributed by atoms with Crippen LogP contribution in [-0.2, 0) is 0 Å². The first kappa shape index (κ1) is 13.9. The Hall–Kier alpha value is -2.07. The number of halogens is 1. The molecule has 0 aliphatic rings. The van der Waals surface area contributed by atoms with Gasteiger partial charge in [-0.2, -0.15) is 0 Å². The fourth-order valence-corrected chi connectivity index (χ4v) is 2.63. The zero-order chi connectivity index (χ0) is 15.0. The highest BCUT2D eigenvalue weighted by Crippen LogP contribution is 2.38. The predicted octanol–water partition coefficient (Wildman–Crippen LogP) is 4.97. The van der Waals surface area contributed by atoms with E-state index in [4.69, 9.17) is 10.3 Å². The second kappa shape index (κ2) is 5.37. The average molecular weight is 343 g/mol. The number of nitrogens with zero attached hydrogens (tertiary/aromatic N) is 1. The van der Waals surface area contributed by atoms with Crippen molar-refractivity contribution in [2.24, 2.45) is 0 Å². The number of hydrogen-bond acceptors (Lipinski definition) is 3. The Morgan fingerprint density at radius 3 is 2.48 bits per heavy atom. The maximum Gasteiger partial charge on any atom is 0.177 e. The molecular weight excluding hydrogens is 328 g/mol. The minimum absolute atomic E-state index is 0.410. The summed E-state index contributed by atoms with van der Waals surface area (Å²) in [5.74, 6) is 1.13. The van der Waals surface area contributed by atoms with E-state index in [0.717, 1.165) is 32.5 Å². The van der Waals surface area contributed by atoms with Crippen LogP contribution in [-0.4, -0.2) is 5.16 Å². The molecule has 0 radical (unpaired) electrons. The summed E-state index contributed by atoms with van der Waals surface area (Å²) in [5, 5.41) is 3.95. The van der Waals surface area contributed by atoms with Crippen molar-refractivity contribution in [1.82, 2.24) is 5.16 Å². The van der Waals surface area contributed by atoms with Gasteiger partial charge in [0.2, 0.25) is 0 Å². The molecule has 0 saturated carbocycles.